The molecule has 0 amide bonds. The first-order chi connectivity index (χ1) is 13.9. The van der Waals surface area contributed by atoms with Gasteiger partial charge in [0.25, 0.3) is 0 Å². The molecule has 1 saturated heterocycles. The molecule has 1 fully saturated rings. The van der Waals surface area contributed by atoms with Crippen molar-refractivity contribution in [1.82, 2.24) is 15.0 Å². The van der Waals surface area contributed by atoms with E-state index < -0.39 is 11.7 Å². The number of aliphatic hydroxyl groups excluding tert-OH is 1. The van der Waals surface area contributed by atoms with E-state index in [1.807, 2.05) is 0 Å². The molecule has 4 rings (SSSR count). The Morgan fingerprint density at radius 3 is 2.45 bits per heavy atom. The van der Waals surface area contributed by atoms with Gasteiger partial charge < -0.3 is 15.3 Å². The average Bonchev–Trinajstić information content (AvgIpc) is 2.73. The number of hydrogen-bond donors (Lipinski definition) is 2. The summed E-state index contributed by atoms with van der Waals surface area (Å²) in [4.78, 5) is 15.4. The van der Waals surface area contributed by atoms with Gasteiger partial charge in [-0.2, -0.15) is 18.2 Å². The monoisotopic (exact) mass is 403 g/mol. The molecule has 0 aliphatic carbocycles. The first-order valence-corrected chi connectivity index (χ1v) is 9.36. The topological polar surface area (TPSA) is 74.2 Å². The summed E-state index contributed by atoms with van der Waals surface area (Å²) in [7, 11) is 0. The predicted octanol–water partition coefficient (Wildman–Crippen LogP) is 4.00. The molecule has 0 saturated carbocycles. The lowest BCUT2D eigenvalue weighted by Gasteiger charge is -2.31. The Bertz CT molecular complexity index is 986. The van der Waals surface area contributed by atoms with Crippen LogP contribution in [0.2, 0.25) is 0 Å². The maximum absolute atomic E-state index is 12.8. The number of halogens is 3. The summed E-state index contributed by atoms with van der Waals surface area (Å²) in [6, 6.07) is 6.59. The van der Waals surface area contributed by atoms with Crippen LogP contribution in [0.1, 0.15) is 18.4 Å². The molecule has 0 spiro atoms. The van der Waals surface area contributed by atoms with Crippen molar-refractivity contribution in [3.05, 3.63) is 48.3 Å². The van der Waals surface area contributed by atoms with Gasteiger partial charge in [-0.15, -0.1) is 0 Å². The molecule has 0 radical (unpaired) electrons. The fourth-order valence-corrected chi connectivity index (χ4v) is 3.39. The van der Waals surface area contributed by atoms with Crippen molar-refractivity contribution in [2.75, 3.05) is 29.9 Å². The molecular weight excluding hydrogens is 383 g/mol. The molecule has 3 heterocycles. The molecule has 2 N–H and O–H groups in total. The van der Waals surface area contributed by atoms with Gasteiger partial charge in [-0.05, 0) is 49.1 Å². The van der Waals surface area contributed by atoms with E-state index >= 15 is 0 Å². The number of fused-ring (bicyclic) bond motifs is 1. The lowest BCUT2D eigenvalue weighted by molar-refractivity contribution is -0.137. The van der Waals surface area contributed by atoms with E-state index in [-0.39, 0.29) is 6.61 Å². The number of hydrogen-bond acceptors (Lipinski definition) is 6. The van der Waals surface area contributed by atoms with E-state index in [0.29, 0.717) is 34.3 Å². The summed E-state index contributed by atoms with van der Waals surface area (Å²) in [5.74, 6) is 1.33. The quantitative estimate of drug-likeness (QED) is 0.686. The number of anilines is 3. The highest BCUT2D eigenvalue weighted by atomic mass is 19.4. The Labute approximate surface area is 165 Å². The Hall–Kier alpha value is -2.94. The van der Waals surface area contributed by atoms with Crippen LogP contribution >= 0.6 is 0 Å². The number of aromatic nitrogens is 3. The molecule has 0 bridgehead atoms. The molecule has 1 aliphatic rings. The van der Waals surface area contributed by atoms with Gasteiger partial charge in [-0.25, -0.2) is 4.98 Å². The van der Waals surface area contributed by atoms with Gasteiger partial charge in [0.1, 0.15) is 5.82 Å². The third kappa shape index (κ3) is 4.24. The molecule has 3 aromatic rings. The summed E-state index contributed by atoms with van der Waals surface area (Å²) in [6.45, 7) is 1.65. The predicted molar refractivity (Wildman–Crippen MR) is 104 cm³/mol. The lowest BCUT2D eigenvalue weighted by Crippen LogP contribution is -2.36. The molecule has 0 unspecified atom stereocenters. The minimum Gasteiger partial charge on any atom is -0.396 e. The van der Waals surface area contributed by atoms with Crippen LogP contribution in [0.3, 0.4) is 0 Å². The Kier molecular flexibility index (Phi) is 5.23. The Morgan fingerprint density at radius 1 is 1.07 bits per heavy atom. The Balaban J connectivity index is 1.64. The molecule has 2 aromatic heterocycles. The van der Waals surface area contributed by atoms with E-state index in [1.54, 1.807) is 18.5 Å². The van der Waals surface area contributed by atoms with Gasteiger partial charge in [-0.1, -0.05) is 0 Å². The van der Waals surface area contributed by atoms with E-state index in [0.717, 1.165) is 38.1 Å². The summed E-state index contributed by atoms with van der Waals surface area (Å²) in [6.07, 6.45) is 0.603. The summed E-state index contributed by atoms with van der Waals surface area (Å²) in [5, 5.41) is 13.1. The van der Waals surface area contributed by atoms with Crippen molar-refractivity contribution >= 4 is 28.4 Å². The van der Waals surface area contributed by atoms with Crippen LogP contribution in [0.15, 0.2) is 42.7 Å². The number of nitrogens with one attached hydrogen (secondary N) is 1. The molecule has 152 valence electrons. The second-order valence-electron chi connectivity index (χ2n) is 7.08. The lowest BCUT2D eigenvalue weighted by atomic mass is 9.98. The van der Waals surface area contributed by atoms with Crippen molar-refractivity contribution in [2.24, 2.45) is 5.92 Å². The van der Waals surface area contributed by atoms with Crippen molar-refractivity contribution in [3.8, 4) is 0 Å². The second kappa shape index (κ2) is 7.82. The molecule has 1 aromatic carbocycles. The highest BCUT2D eigenvalue weighted by Crippen LogP contribution is 2.32. The third-order valence-electron chi connectivity index (χ3n) is 5.12. The molecule has 29 heavy (non-hydrogen) atoms. The zero-order valence-corrected chi connectivity index (χ0v) is 15.5. The molecule has 0 atom stereocenters. The first-order valence-electron chi connectivity index (χ1n) is 9.36. The molecule has 1 aliphatic heterocycles. The van der Waals surface area contributed by atoms with Crippen LogP contribution in [0.5, 0.6) is 0 Å². The highest BCUT2D eigenvalue weighted by molar-refractivity contribution is 5.91. The maximum Gasteiger partial charge on any atom is 0.416 e. The number of rotatable bonds is 4. The van der Waals surface area contributed by atoms with Gasteiger partial charge in [0.2, 0.25) is 5.95 Å². The number of benzene rings is 1. The average molecular weight is 403 g/mol. The fourth-order valence-electron chi connectivity index (χ4n) is 3.39. The summed E-state index contributed by atoms with van der Waals surface area (Å²) in [5.41, 5.74) is 0.486. The first kappa shape index (κ1) is 19.4. The minimum atomic E-state index is -4.38. The second-order valence-corrected chi connectivity index (χ2v) is 7.08. The zero-order valence-electron chi connectivity index (χ0n) is 15.5. The van der Waals surface area contributed by atoms with E-state index in [1.165, 1.54) is 12.1 Å². The normalized spacial score (nSPS) is 15.7. The number of nitrogens with zero attached hydrogens (tertiary/aromatic N) is 4. The summed E-state index contributed by atoms with van der Waals surface area (Å²) >= 11 is 0. The van der Waals surface area contributed by atoms with Crippen LogP contribution in [0, 0.1) is 5.92 Å². The van der Waals surface area contributed by atoms with Crippen molar-refractivity contribution in [2.45, 2.75) is 19.0 Å². The van der Waals surface area contributed by atoms with Crippen LogP contribution in [-0.2, 0) is 6.18 Å². The number of aliphatic hydroxyl groups is 1. The van der Waals surface area contributed by atoms with Crippen molar-refractivity contribution < 1.29 is 18.3 Å². The molecular formula is C20H20F3N5O. The van der Waals surface area contributed by atoms with Gasteiger partial charge >= 0.3 is 6.18 Å². The molecule has 9 heteroatoms. The van der Waals surface area contributed by atoms with E-state index in [4.69, 9.17) is 0 Å². The summed E-state index contributed by atoms with van der Waals surface area (Å²) < 4.78 is 38.4. The van der Waals surface area contributed by atoms with Gasteiger partial charge in [0.15, 0.2) is 0 Å². The smallest absolute Gasteiger partial charge is 0.396 e. The van der Waals surface area contributed by atoms with Crippen molar-refractivity contribution in [1.29, 1.82) is 0 Å². The number of piperidine rings is 1. The fraction of sp³-hybridized carbons (Fsp3) is 0.350. The van der Waals surface area contributed by atoms with Crippen LogP contribution in [0.4, 0.5) is 30.6 Å². The zero-order chi connectivity index (χ0) is 20.4. The van der Waals surface area contributed by atoms with Crippen molar-refractivity contribution in [3.63, 3.8) is 0 Å². The van der Waals surface area contributed by atoms with Crippen LogP contribution < -0.4 is 10.2 Å². The number of pyridine rings is 1. The third-order valence-corrected chi connectivity index (χ3v) is 5.12. The van der Waals surface area contributed by atoms with Gasteiger partial charge in [-0.3, -0.25) is 4.98 Å². The highest BCUT2D eigenvalue weighted by Gasteiger charge is 2.30. The van der Waals surface area contributed by atoms with Crippen LogP contribution in [0.25, 0.3) is 10.9 Å². The maximum atomic E-state index is 12.8. The largest absolute Gasteiger partial charge is 0.416 e. The van der Waals surface area contributed by atoms with Gasteiger partial charge in [0, 0.05) is 37.8 Å². The van der Waals surface area contributed by atoms with Gasteiger partial charge in [0.05, 0.1) is 16.5 Å². The van der Waals surface area contributed by atoms with Crippen LogP contribution in [-0.4, -0.2) is 39.8 Å². The van der Waals surface area contributed by atoms with E-state index in [9.17, 15) is 18.3 Å². The molecule has 6 nitrogen and oxygen atoms in total. The minimum absolute atomic E-state index is 0.179. The SMILES string of the molecule is OCC1CCN(c2nc(Nc3ccc(C(F)(F)F)cc3)c3cnccc3n2)CC1. The van der Waals surface area contributed by atoms with E-state index in [2.05, 4.69) is 25.2 Å². The standard InChI is InChI=1S/C20H20F3N5O/c21-20(22,23)14-1-3-15(4-2-14)25-18-16-11-24-8-5-17(16)26-19(27-18)28-9-6-13(12-29)7-10-28/h1-5,8,11,13,29H,6-7,9-10,12H2,(H,25,26,27). The Morgan fingerprint density at radius 2 is 1.79 bits per heavy atom. The number of alkyl halides is 3.